The normalized spacial score (nSPS) is 29.6. The van der Waals surface area contributed by atoms with Gasteiger partial charge < -0.3 is 19.7 Å². The third-order valence-electron chi connectivity index (χ3n) is 6.70. The molecule has 1 saturated heterocycles. The van der Waals surface area contributed by atoms with E-state index in [1.165, 1.54) is 31.4 Å². The first-order chi connectivity index (χ1) is 13.8. The van der Waals surface area contributed by atoms with Crippen molar-refractivity contribution < 1.29 is 24.5 Å². The average Bonchev–Trinajstić information content (AvgIpc) is 2.88. The molecule has 162 valence electrons. The van der Waals surface area contributed by atoms with Gasteiger partial charge in [-0.15, -0.1) is 0 Å². The maximum absolute atomic E-state index is 11.1. The number of aromatic carboxylic acids is 1. The van der Waals surface area contributed by atoms with Crippen LogP contribution in [0.15, 0.2) is 12.1 Å². The van der Waals surface area contributed by atoms with E-state index in [2.05, 4.69) is 6.92 Å². The molecule has 0 radical (unpaired) electrons. The van der Waals surface area contributed by atoms with Crippen LogP contribution in [-0.4, -0.2) is 35.2 Å². The summed E-state index contributed by atoms with van der Waals surface area (Å²) in [6.45, 7) is 4.94. The van der Waals surface area contributed by atoms with Gasteiger partial charge in [0.1, 0.15) is 0 Å². The molecule has 1 heterocycles. The monoisotopic (exact) mass is 444 g/mol. The highest BCUT2D eigenvalue weighted by Gasteiger charge is 2.40. The number of carboxylic acid groups (broad SMARTS) is 1. The van der Waals surface area contributed by atoms with Crippen LogP contribution in [0.3, 0.4) is 0 Å². The first-order valence-electron chi connectivity index (χ1n) is 10.4. The second-order valence-corrected chi connectivity index (χ2v) is 9.34. The number of hydrogen-bond acceptors (Lipinski definition) is 4. The molecule has 1 aromatic rings. The van der Waals surface area contributed by atoms with Crippen LogP contribution in [0.5, 0.6) is 0 Å². The fraction of sp³-hybridized carbons (Fsp3) is 0.682. The van der Waals surface area contributed by atoms with Crippen LogP contribution >= 0.6 is 23.2 Å². The van der Waals surface area contributed by atoms with Crippen LogP contribution in [0.1, 0.15) is 61.9 Å². The second kappa shape index (κ2) is 9.97. The van der Waals surface area contributed by atoms with E-state index in [4.69, 9.17) is 37.8 Å². The summed E-state index contributed by atoms with van der Waals surface area (Å²) in [6.07, 6.45) is 5.11. The number of aliphatic hydroxyl groups excluding tert-OH is 1. The van der Waals surface area contributed by atoms with Crippen molar-refractivity contribution in [2.45, 2.75) is 65.0 Å². The maximum Gasteiger partial charge on any atom is 0.335 e. The molecule has 1 aromatic carbocycles. The van der Waals surface area contributed by atoms with Crippen molar-refractivity contribution in [3.05, 3.63) is 33.3 Å². The number of halogens is 2. The van der Waals surface area contributed by atoms with Gasteiger partial charge in [0.25, 0.3) is 0 Å². The second-order valence-electron chi connectivity index (χ2n) is 8.52. The highest BCUT2D eigenvalue weighted by atomic mass is 35.5. The standard InChI is InChI=1S/C22H30Cl2O5/c1-12-6-7-14-4-3-5-16(17(14)10-28-12)13(2)22(27)29-11-18-19(23)8-15(21(25)26)9-20(18)24/h8-9,12-14,16-17,22,27H,3-7,10-11H2,1-2H3,(H,25,26). The molecular weight excluding hydrogens is 415 g/mol. The van der Waals surface area contributed by atoms with Crippen LogP contribution in [0.2, 0.25) is 10.0 Å². The minimum atomic E-state index is -1.10. The third kappa shape index (κ3) is 5.45. The number of rotatable bonds is 6. The number of ether oxygens (including phenoxy) is 2. The molecule has 1 saturated carbocycles. The molecule has 2 N–H and O–H groups in total. The van der Waals surface area contributed by atoms with Gasteiger partial charge in [-0.2, -0.15) is 0 Å². The highest BCUT2D eigenvalue weighted by molar-refractivity contribution is 6.36. The Labute approximate surface area is 182 Å². The molecule has 0 aromatic heterocycles. The van der Waals surface area contributed by atoms with E-state index in [9.17, 15) is 9.90 Å². The summed E-state index contributed by atoms with van der Waals surface area (Å²) >= 11 is 12.4. The molecule has 2 fully saturated rings. The third-order valence-corrected chi connectivity index (χ3v) is 7.37. The first kappa shape index (κ1) is 22.8. The topological polar surface area (TPSA) is 76.0 Å². The summed E-state index contributed by atoms with van der Waals surface area (Å²) in [4.78, 5) is 11.1. The zero-order valence-corrected chi connectivity index (χ0v) is 18.5. The Kier molecular flexibility index (Phi) is 7.85. The van der Waals surface area contributed by atoms with Crippen LogP contribution in [0, 0.1) is 23.7 Å². The molecule has 3 rings (SSSR count). The van der Waals surface area contributed by atoms with Gasteiger partial charge in [0.05, 0.1) is 24.9 Å². The van der Waals surface area contributed by atoms with Gasteiger partial charge in [0.15, 0.2) is 6.29 Å². The zero-order chi connectivity index (χ0) is 21.1. The first-order valence-corrected chi connectivity index (χ1v) is 11.2. The average molecular weight is 445 g/mol. The van der Waals surface area contributed by atoms with Gasteiger partial charge in [-0.1, -0.05) is 43.0 Å². The van der Waals surface area contributed by atoms with Crippen molar-refractivity contribution in [1.82, 2.24) is 0 Å². The van der Waals surface area contributed by atoms with Gasteiger partial charge in [0, 0.05) is 21.5 Å². The Bertz CT molecular complexity index is 702. The van der Waals surface area contributed by atoms with Gasteiger partial charge >= 0.3 is 5.97 Å². The van der Waals surface area contributed by atoms with Crippen molar-refractivity contribution in [3.8, 4) is 0 Å². The van der Waals surface area contributed by atoms with E-state index in [0.29, 0.717) is 29.4 Å². The molecule has 0 amide bonds. The van der Waals surface area contributed by atoms with E-state index >= 15 is 0 Å². The van der Waals surface area contributed by atoms with Gasteiger partial charge in [-0.05, 0) is 56.1 Å². The Morgan fingerprint density at radius 1 is 1.24 bits per heavy atom. The van der Waals surface area contributed by atoms with E-state index in [1.807, 2.05) is 6.92 Å². The molecule has 6 atom stereocenters. The summed E-state index contributed by atoms with van der Waals surface area (Å²) in [5.74, 6) is 0.302. The summed E-state index contributed by atoms with van der Waals surface area (Å²) in [6, 6.07) is 2.69. The Hall–Kier alpha value is -0.850. The Morgan fingerprint density at radius 3 is 2.59 bits per heavy atom. The molecule has 1 aliphatic carbocycles. The SMILES string of the molecule is CC1CCC2CCCC(C(C)C(O)OCc3c(Cl)cc(C(=O)O)cc3Cl)C2CO1. The highest BCUT2D eigenvalue weighted by Crippen LogP contribution is 2.44. The molecular formula is C22H30Cl2O5. The van der Waals surface area contributed by atoms with Crippen LogP contribution in [0.4, 0.5) is 0 Å². The van der Waals surface area contributed by atoms with E-state index in [1.54, 1.807) is 0 Å². The lowest BCUT2D eigenvalue weighted by Gasteiger charge is -2.41. The lowest BCUT2D eigenvalue weighted by atomic mass is 9.66. The van der Waals surface area contributed by atoms with E-state index in [0.717, 1.165) is 19.4 Å². The predicted molar refractivity (Wildman–Crippen MR) is 112 cm³/mol. The van der Waals surface area contributed by atoms with E-state index < -0.39 is 12.3 Å². The number of carbonyl (C=O) groups is 1. The quantitative estimate of drug-likeness (QED) is 0.574. The largest absolute Gasteiger partial charge is 0.478 e. The van der Waals surface area contributed by atoms with Gasteiger partial charge in [0.2, 0.25) is 0 Å². The van der Waals surface area contributed by atoms with Crippen LogP contribution < -0.4 is 0 Å². The fourth-order valence-electron chi connectivity index (χ4n) is 4.87. The minimum Gasteiger partial charge on any atom is -0.478 e. The van der Waals surface area contributed by atoms with Crippen molar-refractivity contribution >= 4 is 29.2 Å². The Morgan fingerprint density at radius 2 is 1.93 bits per heavy atom. The van der Waals surface area contributed by atoms with Gasteiger partial charge in [-0.3, -0.25) is 0 Å². The fourth-order valence-corrected chi connectivity index (χ4v) is 5.46. The van der Waals surface area contributed by atoms with E-state index in [-0.39, 0.29) is 28.1 Å². The molecule has 5 nitrogen and oxygen atoms in total. The maximum atomic E-state index is 11.1. The number of fused-ring (bicyclic) bond motifs is 1. The van der Waals surface area contributed by atoms with Crippen molar-refractivity contribution in [2.75, 3.05) is 6.61 Å². The Balaban J connectivity index is 1.64. The summed E-state index contributed by atoms with van der Waals surface area (Å²) in [5, 5.41) is 20.3. The van der Waals surface area contributed by atoms with Crippen molar-refractivity contribution in [1.29, 1.82) is 0 Å². The number of hydrogen-bond donors (Lipinski definition) is 2. The smallest absolute Gasteiger partial charge is 0.335 e. The van der Waals surface area contributed by atoms with Gasteiger partial charge in [-0.25, -0.2) is 4.79 Å². The van der Waals surface area contributed by atoms with Crippen LogP contribution in [-0.2, 0) is 16.1 Å². The molecule has 6 unspecified atom stereocenters. The summed E-state index contributed by atoms with van der Waals surface area (Å²) in [7, 11) is 0. The predicted octanol–water partition coefficient (Wildman–Crippen LogP) is 5.39. The lowest BCUT2D eigenvalue weighted by molar-refractivity contribution is -0.162. The zero-order valence-electron chi connectivity index (χ0n) is 16.9. The number of aliphatic hydroxyl groups is 1. The number of carboxylic acids is 1. The molecule has 2 aliphatic rings. The molecule has 0 spiro atoms. The molecule has 1 aliphatic heterocycles. The minimum absolute atomic E-state index is 0.0218. The van der Waals surface area contributed by atoms with Crippen molar-refractivity contribution in [2.24, 2.45) is 23.7 Å². The molecule has 0 bridgehead atoms. The lowest BCUT2D eigenvalue weighted by Crippen LogP contribution is -2.39. The van der Waals surface area contributed by atoms with Crippen LogP contribution in [0.25, 0.3) is 0 Å². The number of benzene rings is 1. The van der Waals surface area contributed by atoms with Crippen molar-refractivity contribution in [3.63, 3.8) is 0 Å². The molecule has 29 heavy (non-hydrogen) atoms. The summed E-state index contributed by atoms with van der Waals surface area (Å²) < 4.78 is 11.8. The summed E-state index contributed by atoms with van der Waals surface area (Å²) in [5.41, 5.74) is 0.506. The molecule has 7 heteroatoms.